The fourth-order valence-corrected chi connectivity index (χ4v) is 3.69. The van der Waals surface area contributed by atoms with E-state index < -0.39 is 11.8 Å². The molecule has 1 aliphatic heterocycles. The van der Waals surface area contributed by atoms with Crippen molar-refractivity contribution in [2.75, 3.05) is 44.9 Å². The number of aromatic nitrogens is 1. The molecule has 2 amide bonds. The van der Waals surface area contributed by atoms with Crippen molar-refractivity contribution < 1.29 is 23.8 Å². The summed E-state index contributed by atoms with van der Waals surface area (Å²) in [6.45, 7) is 7.49. The van der Waals surface area contributed by atoms with E-state index in [4.69, 9.17) is 14.2 Å². The molecule has 3 rings (SSSR count). The number of nitrogens with zero attached hydrogens (tertiary/aromatic N) is 2. The molecular formula is C22H28N4O5S. The molecule has 0 atom stereocenters. The molecule has 32 heavy (non-hydrogen) atoms. The number of nitrogens with one attached hydrogen (secondary N) is 2. The van der Waals surface area contributed by atoms with E-state index in [0.29, 0.717) is 37.2 Å². The molecule has 172 valence electrons. The number of benzene rings is 1. The van der Waals surface area contributed by atoms with Crippen LogP contribution >= 0.6 is 11.3 Å². The Morgan fingerprint density at radius 1 is 1.25 bits per heavy atom. The molecule has 0 spiro atoms. The number of carbonyl (C=O) groups excluding carboxylic acids is 2. The minimum Gasteiger partial charge on any atom is -0.493 e. The first kappa shape index (κ1) is 23.6. The molecule has 0 radical (unpaired) electrons. The van der Waals surface area contributed by atoms with Gasteiger partial charge >= 0.3 is 0 Å². The lowest BCUT2D eigenvalue weighted by Gasteiger charge is -2.25. The number of amides is 2. The van der Waals surface area contributed by atoms with Gasteiger partial charge in [0, 0.05) is 24.5 Å². The third-order valence-corrected chi connectivity index (χ3v) is 5.39. The Morgan fingerprint density at radius 3 is 2.75 bits per heavy atom. The monoisotopic (exact) mass is 460 g/mol. The number of morpholine rings is 1. The number of rotatable bonds is 8. The van der Waals surface area contributed by atoms with Crippen LogP contribution in [0, 0.1) is 5.92 Å². The highest BCUT2D eigenvalue weighted by atomic mass is 32.1. The maximum Gasteiger partial charge on any atom is 0.289 e. The molecule has 1 aromatic carbocycles. The van der Waals surface area contributed by atoms with E-state index in [-0.39, 0.29) is 5.69 Å². The van der Waals surface area contributed by atoms with Crippen LogP contribution in [0.1, 0.15) is 29.9 Å². The van der Waals surface area contributed by atoms with Crippen LogP contribution in [0.4, 0.5) is 5.13 Å². The molecule has 1 aromatic heterocycles. The van der Waals surface area contributed by atoms with E-state index in [1.807, 2.05) is 6.07 Å². The lowest BCUT2D eigenvalue weighted by Crippen LogP contribution is -2.41. The van der Waals surface area contributed by atoms with E-state index in [1.165, 1.54) is 17.4 Å². The first-order valence-corrected chi connectivity index (χ1v) is 11.2. The molecule has 1 saturated heterocycles. The molecule has 9 nitrogen and oxygen atoms in total. The second kappa shape index (κ2) is 11.5. The molecule has 0 aliphatic carbocycles. The van der Waals surface area contributed by atoms with Gasteiger partial charge in [-0.15, -0.1) is 11.3 Å². The summed E-state index contributed by atoms with van der Waals surface area (Å²) in [6, 6.07) is 5.40. The van der Waals surface area contributed by atoms with Crippen molar-refractivity contribution >= 4 is 34.4 Å². The summed E-state index contributed by atoms with van der Waals surface area (Å²) < 4.78 is 16.4. The van der Waals surface area contributed by atoms with Crippen molar-refractivity contribution in [1.29, 1.82) is 0 Å². The highest BCUT2D eigenvalue weighted by Crippen LogP contribution is 2.29. The average Bonchev–Trinajstić information content (AvgIpc) is 3.31. The second-order valence-electron chi connectivity index (χ2n) is 7.51. The minimum absolute atomic E-state index is 0.252. The topological polar surface area (TPSA) is 102 Å². The van der Waals surface area contributed by atoms with Crippen LogP contribution in [0.2, 0.25) is 0 Å². The molecule has 1 fully saturated rings. The van der Waals surface area contributed by atoms with Gasteiger partial charge in [-0.2, -0.15) is 0 Å². The molecular weight excluding hydrogens is 432 g/mol. The zero-order chi connectivity index (χ0) is 22.9. The molecule has 0 saturated carbocycles. The number of hydrogen-bond donors (Lipinski definition) is 2. The first-order valence-electron chi connectivity index (χ1n) is 10.3. The summed E-state index contributed by atoms with van der Waals surface area (Å²) in [7, 11) is 1.57. The largest absolute Gasteiger partial charge is 0.493 e. The summed E-state index contributed by atoms with van der Waals surface area (Å²) in [5, 5.41) is 2.43. The fraction of sp³-hybridized carbons (Fsp3) is 0.409. The van der Waals surface area contributed by atoms with E-state index in [0.717, 1.165) is 23.8 Å². The smallest absolute Gasteiger partial charge is 0.289 e. The zero-order valence-corrected chi connectivity index (χ0v) is 19.2. The van der Waals surface area contributed by atoms with Crippen LogP contribution in [0.15, 0.2) is 29.7 Å². The van der Waals surface area contributed by atoms with Crippen molar-refractivity contribution in [3.05, 3.63) is 40.9 Å². The van der Waals surface area contributed by atoms with Gasteiger partial charge in [-0.05, 0) is 29.7 Å². The standard InChI is InChI=1S/C22H28N4O5S/c1-15(2)13-31-18-6-4-16(12-19(18)29-3)5-7-20(27)24-25-21(28)17-14-32-22(23-17)26-8-10-30-11-9-26/h4-7,12,14-15H,8-11,13H2,1-3H3,(H,24,27)(H,25,28)/b7-5+. The second-order valence-corrected chi connectivity index (χ2v) is 8.34. The van der Waals surface area contributed by atoms with Gasteiger partial charge in [0.25, 0.3) is 11.8 Å². The number of ether oxygens (including phenoxy) is 3. The van der Waals surface area contributed by atoms with E-state index in [1.54, 1.807) is 30.7 Å². The number of anilines is 1. The Morgan fingerprint density at radius 2 is 2.03 bits per heavy atom. The first-order chi connectivity index (χ1) is 15.5. The third kappa shape index (κ3) is 6.69. The quantitative estimate of drug-likeness (QED) is 0.461. The van der Waals surface area contributed by atoms with Crippen molar-refractivity contribution in [2.24, 2.45) is 5.92 Å². The Kier molecular flexibility index (Phi) is 8.46. The van der Waals surface area contributed by atoms with Crippen LogP contribution in [0.5, 0.6) is 11.5 Å². The van der Waals surface area contributed by atoms with Gasteiger partial charge in [0.1, 0.15) is 5.69 Å². The number of hydrazine groups is 1. The summed E-state index contributed by atoms with van der Waals surface area (Å²) >= 11 is 1.39. The molecule has 1 aliphatic rings. The van der Waals surface area contributed by atoms with Crippen molar-refractivity contribution in [3.63, 3.8) is 0 Å². The molecule has 2 aromatic rings. The van der Waals surface area contributed by atoms with Gasteiger partial charge in [0.2, 0.25) is 0 Å². The Labute approximate surface area is 191 Å². The average molecular weight is 461 g/mol. The Bertz CT molecular complexity index is 954. The Balaban J connectivity index is 1.51. The summed E-state index contributed by atoms with van der Waals surface area (Å²) in [5.41, 5.74) is 5.75. The van der Waals surface area contributed by atoms with E-state index >= 15 is 0 Å². The van der Waals surface area contributed by atoms with Crippen molar-refractivity contribution in [2.45, 2.75) is 13.8 Å². The van der Waals surface area contributed by atoms with Crippen molar-refractivity contribution in [1.82, 2.24) is 15.8 Å². The van der Waals surface area contributed by atoms with Gasteiger partial charge in [0.05, 0.1) is 26.9 Å². The molecule has 10 heteroatoms. The van der Waals surface area contributed by atoms with Crippen LogP contribution in [0.25, 0.3) is 6.08 Å². The SMILES string of the molecule is COc1cc(/C=C/C(=O)NNC(=O)c2csc(N3CCOCC3)n2)ccc1OCC(C)C. The van der Waals surface area contributed by atoms with Gasteiger partial charge in [-0.3, -0.25) is 20.4 Å². The van der Waals surface area contributed by atoms with Gasteiger partial charge in [0.15, 0.2) is 16.6 Å². The molecule has 2 N–H and O–H groups in total. The molecule has 0 unspecified atom stereocenters. The molecule has 0 bridgehead atoms. The van der Waals surface area contributed by atoms with Gasteiger partial charge in [-0.25, -0.2) is 4.98 Å². The summed E-state index contributed by atoms with van der Waals surface area (Å²) in [6.07, 6.45) is 2.94. The maximum atomic E-state index is 12.3. The van der Waals surface area contributed by atoms with Crippen LogP contribution < -0.4 is 25.2 Å². The highest BCUT2D eigenvalue weighted by molar-refractivity contribution is 7.13. The van der Waals surface area contributed by atoms with Crippen LogP contribution in [-0.4, -0.2) is 56.8 Å². The van der Waals surface area contributed by atoms with Gasteiger partial charge < -0.3 is 19.1 Å². The predicted octanol–water partition coefficient (Wildman–Crippen LogP) is 2.50. The van der Waals surface area contributed by atoms with E-state index in [2.05, 4.69) is 34.6 Å². The predicted molar refractivity (Wildman–Crippen MR) is 123 cm³/mol. The van der Waals surface area contributed by atoms with Crippen LogP contribution in [0.3, 0.4) is 0 Å². The minimum atomic E-state index is -0.476. The highest BCUT2D eigenvalue weighted by Gasteiger charge is 2.17. The number of hydrogen-bond acceptors (Lipinski definition) is 8. The summed E-state index contributed by atoms with van der Waals surface area (Å²) in [4.78, 5) is 30.8. The lowest BCUT2D eigenvalue weighted by molar-refractivity contribution is -0.117. The number of thiazole rings is 1. The van der Waals surface area contributed by atoms with Crippen LogP contribution in [-0.2, 0) is 9.53 Å². The van der Waals surface area contributed by atoms with Gasteiger partial charge in [-0.1, -0.05) is 19.9 Å². The zero-order valence-electron chi connectivity index (χ0n) is 18.4. The molecule has 2 heterocycles. The normalized spacial score (nSPS) is 13.9. The van der Waals surface area contributed by atoms with Crippen molar-refractivity contribution in [3.8, 4) is 11.5 Å². The number of methoxy groups -OCH3 is 1. The summed E-state index contributed by atoms with van der Waals surface area (Å²) in [5.74, 6) is 0.682. The Hall–Kier alpha value is -3.11. The fourth-order valence-electron chi connectivity index (χ4n) is 2.83. The number of carbonyl (C=O) groups is 2. The lowest BCUT2D eigenvalue weighted by atomic mass is 10.2. The third-order valence-electron chi connectivity index (χ3n) is 4.49. The maximum absolute atomic E-state index is 12.3. The van der Waals surface area contributed by atoms with E-state index in [9.17, 15) is 9.59 Å².